The van der Waals surface area contributed by atoms with Crippen molar-refractivity contribution in [2.75, 3.05) is 12.8 Å². The molecule has 0 aliphatic rings. The molecule has 1 aromatic rings. The van der Waals surface area contributed by atoms with Crippen molar-refractivity contribution in [1.82, 2.24) is 10.3 Å². The van der Waals surface area contributed by atoms with Crippen LogP contribution in [0.2, 0.25) is 0 Å². The van der Waals surface area contributed by atoms with E-state index in [-0.39, 0.29) is 10.8 Å². The second kappa shape index (κ2) is 6.44. The fraction of sp³-hybridized carbons (Fsp3) is 0.455. The van der Waals surface area contributed by atoms with Crippen molar-refractivity contribution in [3.63, 3.8) is 0 Å². The Labute approximate surface area is 102 Å². The van der Waals surface area contributed by atoms with Gasteiger partial charge in [-0.3, -0.25) is 9.00 Å². The molecule has 0 fully saturated rings. The number of carbonyl (C=O) groups is 1. The molecule has 1 aromatic heterocycles. The maximum Gasteiger partial charge on any atom is 0.255 e. The summed E-state index contributed by atoms with van der Waals surface area (Å²) in [6.45, 7) is 2.21. The summed E-state index contributed by atoms with van der Waals surface area (Å²) in [4.78, 5) is 14.9. The first-order valence-corrected chi connectivity index (χ1v) is 6.85. The van der Waals surface area contributed by atoms with E-state index in [1.54, 1.807) is 6.26 Å². The molecule has 0 radical (unpaired) electrons. The lowest BCUT2D eigenvalue weighted by atomic mass is 10.2. The van der Waals surface area contributed by atoms with Gasteiger partial charge in [-0.1, -0.05) is 6.92 Å². The van der Waals surface area contributed by atoms with Crippen molar-refractivity contribution < 1.29 is 13.4 Å². The van der Waals surface area contributed by atoms with Gasteiger partial charge in [0.1, 0.15) is 0 Å². The molecule has 0 spiro atoms. The van der Waals surface area contributed by atoms with Gasteiger partial charge < -0.3 is 5.32 Å². The van der Waals surface area contributed by atoms with E-state index in [4.69, 9.17) is 0 Å². The average Bonchev–Trinajstić information content (AvgIpc) is 2.29. The molecule has 1 N–H and O–H groups in total. The van der Waals surface area contributed by atoms with Crippen molar-refractivity contribution in [3.8, 4) is 0 Å². The van der Waals surface area contributed by atoms with Gasteiger partial charge in [0.05, 0.1) is 5.56 Å². The zero-order valence-electron chi connectivity index (χ0n) is 9.77. The molecule has 2 atom stereocenters. The van der Waals surface area contributed by atoms with E-state index in [1.807, 2.05) is 6.92 Å². The topological polar surface area (TPSA) is 59.1 Å². The minimum Gasteiger partial charge on any atom is -0.352 e. The predicted molar refractivity (Wildman–Crippen MR) is 64.7 cm³/mol. The Hall–Kier alpha value is -1.30. The van der Waals surface area contributed by atoms with Gasteiger partial charge in [0.25, 0.3) is 5.91 Å². The third kappa shape index (κ3) is 4.22. The van der Waals surface area contributed by atoms with Gasteiger partial charge in [0, 0.05) is 35.0 Å². The standard InChI is InChI=1S/C11H15FN2O2S/c1-8(17(2)16)5-7-14-11(15)9-4-3-6-13-10(9)12/h3-4,6,8H,5,7H2,1-2H3,(H,14,15). The van der Waals surface area contributed by atoms with Crippen LogP contribution in [-0.2, 0) is 10.8 Å². The third-order valence-electron chi connectivity index (χ3n) is 2.41. The number of pyridine rings is 1. The number of hydrogen-bond donors (Lipinski definition) is 1. The molecule has 0 saturated heterocycles. The van der Waals surface area contributed by atoms with E-state index in [1.165, 1.54) is 18.3 Å². The number of nitrogens with zero attached hydrogens (tertiary/aromatic N) is 1. The Bertz CT molecular complexity index is 426. The Balaban J connectivity index is 2.46. The Morgan fingerprint density at radius 1 is 1.65 bits per heavy atom. The summed E-state index contributed by atoms with van der Waals surface area (Å²) in [5.41, 5.74) is -0.0715. The highest BCUT2D eigenvalue weighted by molar-refractivity contribution is 7.84. The van der Waals surface area contributed by atoms with Crippen molar-refractivity contribution in [2.24, 2.45) is 0 Å². The van der Waals surface area contributed by atoms with Crippen LogP contribution in [0.3, 0.4) is 0 Å². The predicted octanol–water partition coefficient (Wildman–Crippen LogP) is 1.11. The number of aromatic nitrogens is 1. The van der Waals surface area contributed by atoms with Gasteiger partial charge in [0.15, 0.2) is 0 Å². The van der Waals surface area contributed by atoms with Gasteiger partial charge in [-0.25, -0.2) is 4.98 Å². The normalized spacial score (nSPS) is 14.1. The van der Waals surface area contributed by atoms with Crippen molar-refractivity contribution in [3.05, 3.63) is 29.8 Å². The molecule has 0 aromatic carbocycles. The molecule has 1 rings (SSSR count). The summed E-state index contributed by atoms with van der Waals surface area (Å²) in [5, 5.41) is 2.58. The van der Waals surface area contributed by atoms with Crippen LogP contribution in [-0.4, -0.2) is 33.2 Å². The first kappa shape index (κ1) is 13.8. The molecular weight excluding hydrogens is 243 g/mol. The minimum atomic E-state index is -0.912. The molecule has 0 aliphatic carbocycles. The molecule has 0 aliphatic heterocycles. The lowest BCUT2D eigenvalue weighted by molar-refractivity contribution is 0.0948. The Morgan fingerprint density at radius 3 is 2.94 bits per heavy atom. The van der Waals surface area contributed by atoms with E-state index < -0.39 is 22.7 Å². The van der Waals surface area contributed by atoms with E-state index in [0.29, 0.717) is 13.0 Å². The van der Waals surface area contributed by atoms with Gasteiger partial charge in [0.2, 0.25) is 5.95 Å². The van der Waals surface area contributed by atoms with Crippen LogP contribution in [0.15, 0.2) is 18.3 Å². The average molecular weight is 258 g/mol. The lowest BCUT2D eigenvalue weighted by Crippen LogP contribution is -2.28. The second-order valence-electron chi connectivity index (χ2n) is 3.70. The highest BCUT2D eigenvalue weighted by atomic mass is 32.2. The van der Waals surface area contributed by atoms with E-state index in [0.717, 1.165) is 0 Å². The van der Waals surface area contributed by atoms with E-state index in [2.05, 4.69) is 10.3 Å². The second-order valence-corrected chi connectivity index (χ2v) is 5.50. The number of hydrogen-bond acceptors (Lipinski definition) is 3. The molecule has 2 unspecified atom stereocenters. The maximum atomic E-state index is 13.1. The maximum absolute atomic E-state index is 13.1. The van der Waals surface area contributed by atoms with Crippen LogP contribution in [0, 0.1) is 5.95 Å². The summed E-state index contributed by atoms with van der Waals surface area (Å²) in [5.74, 6) is -1.28. The molecule has 17 heavy (non-hydrogen) atoms. The van der Waals surface area contributed by atoms with Crippen LogP contribution in [0.4, 0.5) is 4.39 Å². The van der Waals surface area contributed by atoms with Gasteiger partial charge in [-0.15, -0.1) is 0 Å². The number of amides is 1. The fourth-order valence-electron chi connectivity index (χ4n) is 1.21. The first-order valence-electron chi connectivity index (χ1n) is 5.23. The van der Waals surface area contributed by atoms with Crippen LogP contribution in [0.1, 0.15) is 23.7 Å². The highest BCUT2D eigenvalue weighted by Gasteiger charge is 2.12. The van der Waals surface area contributed by atoms with Crippen LogP contribution < -0.4 is 5.32 Å². The number of nitrogens with one attached hydrogen (secondary N) is 1. The fourth-order valence-corrected chi connectivity index (χ4v) is 1.66. The summed E-state index contributed by atoms with van der Waals surface area (Å²) in [6, 6.07) is 2.88. The van der Waals surface area contributed by atoms with Crippen molar-refractivity contribution in [1.29, 1.82) is 0 Å². The first-order chi connectivity index (χ1) is 8.02. The van der Waals surface area contributed by atoms with Crippen molar-refractivity contribution in [2.45, 2.75) is 18.6 Å². The molecule has 1 amide bonds. The molecule has 4 nitrogen and oxygen atoms in total. The van der Waals surface area contributed by atoms with Crippen LogP contribution in [0.5, 0.6) is 0 Å². The zero-order chi connectivity index (χ0) is 12.8. The molecule has 0 bridgehead atoms. The molecular formula is C11H15FN2O2S. The summed E-state index contributed by atoms with van der Waals surface area (Å²) < 4.78 is 24.2. The summed E-state index contributed by atoms with van der Waals surface area (Å²) >= 11 is 0. The quantitative estimate of drug-likeness (QED) is 0.805. The number of halogens is 1. The Kier molecular flexibility index (Phi) is 5.21. The molecule has 94 valence electrons. The zero-order valence-corrected chi connectivity index (χ0v) is 10.6. The molecule has 0 saturated carbocycles. The minimum absolute atomic E-state index is 0.00838. The largest absolute Gasteiger partial charge is 0.352 e. The van der Waals surface area contributed by atoms with Crippen LogP contribution >= 0.6 is 0 Å². The van der Waals surface area contributed by atoms with Gasteiger partial charge >= 0.3 is 0 Å². The van der Waals surface area contributed by atoms with E-state index in [9.17, 15) is 13.4 Å². The third-order valence-corrected chi connectivity index (χ3v) is 3.78. The Morgan fingerprint density at radius 2 is 2.35 bits per heavy atom. The highest BCUT2D eigenvalue weighted by Crippen LogP contribution is 2.03. The summed E-state index contributed by atoms with van der Waals surface area (Å²) in [7, 11) is -0.912. The monoisotopic (exact) mass is 258 g/mol. The van der Waals surface area contributed by atoms with Crippen LogP contribution in [0.25, 0.3) is 0 Å². The SMILES string of the molecule is CC(CCNC(=O)c1cccnc1F)S(C)=O. The van der Waals surface area contributed by atoms with E-state index >= 15 is 0 Å². The van der Waals surface area contributed by atoms with Gasteiger partial charge in [-0.05, 0) is 18.6 Å². The van der Waals surface area contributed by atoms with Crippen molar-refractivity contribution >= 4 is 16.7 Å². The lowest BCUT2D eigenvalue weighted by Gasteiger charge is -2.09. The molecule has 1 heterocycles. The number of rotatable bonds is 5. The molecule has 6 heteroatoms. The number of carbonyl (C=O) groups excluding carboxylic acids is 1. The van der Waals surface area contributed by atoms with Gasteiger partial charge in [-0.2, -0.15) is 4.39 Å². The summed E-state index contributed by atoms with van der Waals surface area (Å²) in [6.07, 6.45) is 3.50. The smallest absolute Gasteiger partial charge is 0.255 e.